The van der Waals surface area contributed by atoms with Crippen molar-refractivity contribution in [1.82, 2.24) is 26.6 Å². The molecule has 90 heavy (non-hydrogen) atoms. The van der Waals surface area contributed by atoms with Crippen LogP contribution in [-0.4, -0.2) is 182 Å². The van der Waals surface area contributed by atoms with E-state index in [-0.39, 0.29) is 91.8 Å². The molecule has 502 valence electrons. The maximum absolute atomic E-state index is 11.8. The molecular formula is C57H83N7O23S3. The lowest BCUT2D eigenvalue weighted by molar-refractivity contribution is -0.140. The predicted molar refractivity (Wildman–Crippen MR) is 341 cm³/mol. The molecule has 5 amide bonds. The summed E-state index contributed by atoms with van der Waals surface area (Å²) in [7, 11) is 6.07. The number of benzene rings is 4. The Balaban J connectivity index is -0.000000317. The largest absolute Gasteiger partial charge is 0.507 e. The Labute approximate surface area is 537 Å². The van der Waals surface area contributed by atoms with E-state index in [9.17, 15) is 57.5 Å². The van der Waals surface area contributed by atoms with Gasteiger partial charge in [0.2, 0.25) is 17.7 Å². The van der Waals surface area contributed by atoms with Crippen molar-refractivity contribution in [2.45, 2.75) is 91.6 Å². The van der Waals surface area contributed by atoms with Gasteiger partial charge in [-0.3, -0.25) is 14.4 Å². The number of aromatic carboxylic acids is 4. The van der Waals surface area contributed by atoms with Gasteiger partial charge in [-0.05, 0) is 104 Å². The van der Waals surface area contributed by atoms with Gasteiger partial charge < -0.3 is 92.7 Å². The lowest BCUT2D eigenvalue weighted by Gasteiger charge is -2.18. The number of nitrogens with two attached hydrogens (primary N) is 2. The van der Waals surface area contributed by atoms with Crippen LogP contribution in [0.4, 0.5) is 9.59 Å². The Morgan fingerprint density at radius 3 is 0.822 bits per heavy atom. The monoisotopic (exact) mass is 1330 g/mol. The fraction of sp³-hybridized carbons (Fsp3) is 0.368. The topological polar surface area (TPSA) is 496 Å². The number of esters is 2. The summed E-state index contributed by atoms with van der Waals surface area (Å²) in [5.74, 6) is -8.73. The van der Waals surface area contributed by atoms with Crippen LogP contribution in [0, 0.1) is 0 Å². The molecule has 3 unspecified atom stereocenters. The molecule has 0 aromatic heterocycles. The van der Waals surface area contributed by atoms with E-state index >= 15 is 0 Å². The van der Waals surface area contributed by atoms with Crippen molar-refractivity contribution in [2.75, 3.05) is 45.4 Å². The van der Waals surface area contributed by atoms with Crippen molar-refractivity contribution in [3.8, 4) is 23.0 Å². The average molecular weight is 1330 g/mol. The number of amides is 5. The van der Waals surface area contributed by atoms with E-state index in [1.54, 1.807) is 36.4 Å². The highest BCUT2D eigenvalue weighted by atomic mass is 32.1. The SMILES string of the molecule is CC(=O)NC(CS)C(=O)O.CC(=O)NC(CS)C(=O)Oc1ccccc1C(=O)O.CC(=O)NC(CS)C(=O)Oc1ccccc1C(=O)O.CN.CN.CNC(=O)OC(C)(C)C.CNC(=O)OC(C)(C)C.O=C(O)c1ccccc1O.O=C(O)c1ccccc1O. The van der Waals surface area contributed by atoms with Crippen molar-refractivity contribution < 1.29 is 112 Å². The number of phenols is 2. The molecule has 0 saturated carbocycles. The molecule has 0 spiro atoms. The van der Waals surface area contributed by atoms with Gasteiger partial charge in [0, 0.05) is 52.1 Å². The second kappa shape index (κ2) is 49.7. The van der Waals surface area contributed by atoms with Crippen LogP contribution in [0.5, 0.6) is 23.0 Å². The highest BCUT2D eigenvalue weighted by molar-refractivity contribution is 7.80. The third kappa shape index (κ3) is 45.0. The first-order valence-corrected chi connectivity index (χ1v) is 27.7. The van der Waals surface area contributed by atoms with Gasteiger partial charge in [0.1, 0.15) is 74.6 Å². The normalized spacial score (nSPS) is 10.5. The van der Waals surface area contributed by atoms with Crippen molar-refractivity contribution in [3.63, 3.8) is 0 Å². The highest BCUT2D eigenvalue weighted by Gasteiger charge is 2.24. The number of carbonyl (C=O) groups is 12. The van der Waals surface area contributed by atoms with Crippen molar-refractivity contribution in [3.05, 3.63) is 119 Å². The van der Waals surface area contributed by atoms with E-state index in [0.29, 0.717) is 0 Å². The van der Waals surface area contributed by atoms with Gasteiger partial charge in [-0.2, -0.15) is 37.9 Å². The van der Waals surface area contributed by atoms with E-state index in [4.69, 9.17) is 54.7 Å². The van der Waals surface area contributed by atoms with Crippen LogP contribution in [0.2, 0.25) is 0 Å². The van der Waals surface area contributed by atoms with Crippen LogP contribution in [-0.2, 0) is 38.2 Å². The predicted octanol–water partition coefficient (Wildman–Crippen LogP) is 4.57. The van der Waals surface area contributed by atoms with E-state index < -0.39 is 71.7 Å². The lowest BCUT2D eigenvalue weighted by Crippen LogP contribution is -2.43. The van der Waals surface area contributed by atoms with Crippen LogP contribution in [0.3, 0.4) is 0 Å². The van der Waals surface area contributed by atoms with E-state index in [1.807, 2.05) is 41.5 Å². The number of thiol groups is 3. The molecule has 0 radical (unpaired) electrons. The summed E-state index contributed by atoms with van der Waals surface area (Å²) in [4.78, 5) is 129. The number of aromatic hydroxyl groups is 2. The number of carboxylic acids is 5. The minimum absolute atomic E-state index is 0.0493. The van der Waals surface area contributed by atoms with Gasteiger partial charge in [0.25, 0.3) is 0 Å². The van der Waals surface area contributed by atoms with E-state index in [2.05, 4.69) is 75.9 Å². The molecule has 4 aromatic carbocycles. The molecule has 0 fully saturated rings. The first-order chi connectivity index (χ1) is 41.8. The van der Waals surface area contributed by atoms with Crippen LogP contribution in [0.1, 0.15) is 104 Å². The van der Waals surface area contributed by atoms with Gasteiger partial charge in [0.15, 0.2) is 0 Å². The third-order valence-electron chi connectivity index (χ3n) is 8.68. The molecule has 33 heteroatoms. The summed E-state index contributed by atoms with van der Waals surface area (Å²) in [6.45, 7) is 14.7. The molecule has 0 aliphatic heterocycles. The fourth-order valence-corrected chi connectivity index (χ4v) is 5.80. The van der Waals surface area contributed by atoms with Crippen LogP contribution in [0.15, 0.2) is 97.1 Å². The van der Waals surface area contributed by atoms with Gasteiger partial charge >= 0.3 is 54.0 Å². The Morgan fingerprint density at radius 2 is 0.656 bits per heavy atom. The second-order valence-corrected chi connectivity index (χ2v) is 19.3. The first-order valence-electron chi connectivity index (χ1n) is 25.8. The summed E-state index contributed by atoms with van der Waals surface area (Å²) in [5.41, 5.74) is 7.83. The molecular weight excluding hydrogens is 1250 g/mol. The minimum atomic E-state index is -1.20. The third-order valence-corrected chi connectivity index (χ3v) is 9.77. The summed E-state index contributed by atoms with van der Waals surface area (Å²) in [5, 5.41) is 72.5. The number of nitrogens with one attached hydrogen (secondary N) is 5. The van der Waals surface area contributed by atoms with Gasteiger partial charge in [-0.15, -0.1) is 0 Å². The van der Waals surface area contributed by atoms with Gasteiger partial charge in [-0.1, -0.05) is 48.5 Å². The number of hydrogen-bond acceptors (Lipinski definition) is 23. The van der Waals surface area contributed by atoms with E-state index in [0.717, 1.165) is 0 Å². The maximum Gasteiger partial charge on any atom is 0.407 e. The zero-order valence-electron chi connectivity index (χ0n) is 51.7. The van der Waals surface area contributed by atoms with Crippen molar-refractivity contribution in [2.24, 2.45) is 11.5 Å². The second-order valence-electron chi connectivity index (χ2n) is 18.2. The standard InChI is InChI=1S/2C12H13NO5S.2C7H6O3.2C6H13NO2.C5H9NO3S.2CH5N/c2*1-7(14)13-9(6-19)12(17)18-10-5-3-2-4-8(10)11(15)16;2*8-6-4-2-1-3-5(6)7(9)10;2*1-6(2,3)9-5(8)7-4;1-3(7)6-4(2-10)5(8)9;2*1-2/h2*2-5,9,19H,6H2,1H3,(H,13,14)(H,15,16);2*1-4,8H,(H,9,10);2*1-4H3,(H,7,8);4,10H,2H2,1H3,(H,6,7)(H,8,9);2*2H2,1H3. The maximum atomic E-state index is 11.8. The molecule has 4 aromatic rings. The number of aliphatic carboxylic acids is 1. The molecule has 4 rings (SSSR count). The number of hydrogen-bond donors (Lipinski definition) is 17. The fourth-order valence-electron chi connectivity index (χ4n) is 5.07. The average Bonchev–Trinajstić information content (AvgIpc) is 1.26. The molecule has 0 heterocycles. The minimum Gasteiger partial charge on any atom is -0.507 e. The summed E-state index contributed by atoms with van der Waals surface area (Å²) >= 11 is 11.6. The van der Waals surface area contributed by atoms with E-state index in [1.165, 1.54) is 110 Å². The summed E-state index contributed by atoms with van der Waals surface area (Å²) < 4.78 is 19.6. The molecule has 30 nitrogen and oxygen atoms in total. The van der Waals surface area contributed by atoms with Crippen LogP contribution in [0.25, 0.3) is 0 Å². The van der Waals surface area contributed by atoms with Crippen LogP contribution >= 0.6 is 37.9 Å². The zero-order valence-corrected chi connectivity index (χ0v) is 54.4. The number of rotatable bonds is 15. The number of ether oxygens (including phenoxy) is 4. The highest BCUT2D eigenvalue weighted by Crippen LogP contribution is 2.20. The number of carbonyl (C=O) groups excluding carboxylic acids is 7. The van der Waals surface area contributed by atoms with Gasteiger partial charge in [0.05, 0.1) is 0 Å². The lowest BCUT2D eigenvalue weighted by atomic mass is 10.2. The Kier molecular flexibility index (Phi) is 49.3. The smallest absolute Gasteiger partial charge is 0.407 e. The molecule has 0 bridgehead atoms. The summed E-state index contributed by atoms with van der Waals surface area (Å²) in [6.07, 6.45) is -0.773. The Hall–Kier alpha value is -9.31. The molecule has 16 N–H and O–H groups in total. The molecule has 3 atom stereocenters. The van der Waals surface area contributed by atoms with Crippen molar-refractivity contribution >= 4 is 110 Å². The van der Waals surface area contributed by atoms with Crippen LogP contribution < -0.4 is 47.5 Å². The number of alkyl carbamates (subject to hydrolysis) is 2. The summed E-state index contributed by atoms with van der Waals surface area (Å²) in [6, 6.07) is 20.4. The molecule has 0 saturated heterocycles. The first kappa shape index (κ1) is 89.4. The molecule has 0 aliphatic carbocycles. The number of carboxylic acid groups (broad SMARTS) is 5. The molecule has 0 aliphatic rings. The van der Waals surface area contributed by atoms with Gasteiger partial charge in [-0.25, -0.2) is 43.2 Å². The quantitative estimate of drug-likeness (QED) is 0.0440. The number of para-hydroxylation sites is 4. The van der Waals surface area contributed by atoms with Crippen molar-refractivity contribution in [1.29, 1.82) is 0 Å². The Morgan fingerprint density at radius 1 is 0.422 bits per heavy atom. The zero-order chi connectivity index (χ0) is 71.1. The Bertz CT molecular complexity index is 2730.